The Balaban J connectivity index is 1.69. The molecule has 2 atom stereocenters. The fourth-order valence-electron chi connectivity index (χ4n) is 4.49. The van der Waals surface area contributed by atoms with Gasteiger partial charge in [-0.2, -0.15) is 0 Å². The van der Waals surface area contributed by atoms with Crippen LogP contribution in [0.1, 0.15) is 42.5 Å². The molecule has 2 heterocycles. The van der Waals surface area contributed by atoms with Crippen LogP contribution in [0.25, 0.3) is 10.8 Å². The van der Waals surface area contributed by atoms with Gasteiger partial charge in [0.15, 0.2) is 0 Å². The summed E-state index contributed by atoms with van der Waals surface area (Å²) in [6.07, 6.45) is 5.99. The quantitative estimate of drug-likeness (QED) is 0.844. The van der Waals surface area contributed by atoms with Gasteiger partial charge in [0.1, 0.15) is 0 Å². The lowest BCUT2D eigenvalue weighted by Crippen LogP contribution is -2.49. The zero-order chi connectivity index (χ0) is 16.7. The monoisotopic (exact) mass is 326 g/mol. The van der Waals surface area contributed by atoms with Crippen LogP contribution in [-0.2, 0) is 0 Å². The van der Waals surface area contributed by atoms with E-state index in [-0.39, 0.29) is 23.0 Å². The first-order valence-corrected chi connectivity index (χ1v) is 8.68. The van der Waals surface area contributed by atoms with Gasteiger partial charge in [-0.25, -0.2) is 0 Å². The molecule has 2 fully saturated rings. The molecule has 1 aromatic heterocycles. The van der Waals surface area contributed by atoms with Crippen molar-refractivity contribution in [1.82, 2.24) is 9.88 Å². The van der Waals surface area contributed by atoms with Crippen molar-refractivity contribution < 1.29 is 9.90 Å². The molecule has 5 nitrogen and oxygen atoms in total. The number of H-pyrrole nitrogens is 1. The smallest absolute Gasteiger partial charge is 0.255 e. The average molecular weight is 326 g/mol. The zero-order valence-electron chi connectivity index (χ0n) is 13.6. The first-order chi connectivity index (χ1) is 11.6. The second kappa shape index (κ2) is 5.74. The molecule has 2 aliphatic rings. The summed E-state index contributed by atoms with van der Waals surface area (Å²) in [4.78, 5) is 29.6. The van der Waals surface area contributed by atoms with Crippen molar-refractivity contribution in [2.75, 3.05) is 13.1 Å². The molecule has 1 amide bonds. The number of amides is 1. The number of aromatic amines is 1. The van der Waals surface area contributed by atoms with Gasteiger partial charge in [0, 0.05) is 35.5 Å². The average Bonchev–Trinajstić information content (AvgIpc) is 2.95. The normalized spacial score (nSPS) is 27.0. The van der Waals surface area contributed by atoms with Gasteiger partial charge in [-0.3, -0.25) is 9.59 Å². The second-order valence-corrected chi connectivity index (χ2v) is 7.18. The number of hydrogen-bond donors (Lipinski definition) is 2. The molecule has 0 bridgehead atoms. The minimum absolute atomic E-state index is 0.0550. The number of aromatic nitrogens is 1. The van der Waals surface area contributed by atoms with Crippen LogP contribution in [0.2, 0.25) is 0 Å². The Morgan fingerprint density at radius 2 is 1.96 bits per heavy atom. The summed E-state index contributed by atoms with van der Waals surface area (Å²) < 4.78 is 0. The number of hydrogen-bond acceptors (Lipinski definition) is 3. The first-order valence-electron chi connectivity index (χ1n) is 8.68. The summed E-state index contributed by atoms with van der Waals surface area (Å²) >= 11 is 0. The minimum atomic E-state index is -0.305. The van der Waals surface area contributed by atoms with Crippen LogP contribution in [0.15, 0.2) is 35.3 Å². The van der Waals surface area contributed by atoms with Crippen molar-refractivity contribution in [3.8, 4) is 0 Å². The summed E-state index contributed by atoms with van der Waals surface area (Å²) in [6, 6.07) is 7.21. The summed E-state index contributed by atoms with van der Waals surface area (Å²) in [5.74, 6) is -0.0550. The SMILES string of the molecule is O=C(c1c[nH]c(=O)c2ccccc12)N1CCC[C@@]2(CCC[C@H]2O)C1. The third-order valence-corrected chi connectivity index (χ3v) is 5.79. The molecule has 1 aliphatic heterocycles. The fraction of sp³-hybridized carbons (Fsp3) is 0.474. The van der Waals surface area contributed by atoms with E-state index in [1.807, 2.05) is 17.0 Å². The zero-order valence-corrected chi connectivity index (χ0v) is 13.6. The Morgan fingerprint density at radius 3 is 2.71 bits per heavy atom. The number of fused-ring (bicyclic) bond motifs is 1. The van der Waals surface area contributed by atoms with Crippen molar-refractivity contribution in [2.45, 2.75) is 38.2 Å². The van der Waals surface area contributed by atoms with Crippen molar-refractivity contribution in [3.63, 3.8) is 0 Å². The number of likely N-dealkylation sites (tertiary alicyclic amines) is 1. The van der Waals surface area contributed by atoms with Gasteiger partial charge in [-0.05, 0) is 31.7 Å². The topological polar surface area (TPSA) is 73.4 Å². The van der Waals surface area contributed by atoms with Crippen molar-refractivity contribution in [3.05, 3.63) is 46.4 Å². The van der Waals surface area contributed by atoms with Crippen LogP contribution in [0.4, 0.5) is 0 Å². The molecular formula is C19H22N2O3. The van der Waals surface area contributed by atoms with Crippen LogP contribution in [-0.4, -0.2) is 40.1 Å². The molecule has 2 N–H and O–H groups in total. The maximum absolute atomic E-state index is 13.1. The lowest BCUT2D eigenvalue weighted by Gasteiger charge is -2.42. The Bertz CT molecular complexity index is 844. The number of piperidine rings is 1. The number of aliphatic hydroxyl groups excluding tert-OH is 1. The van der Waals surface area contributed by atoms with E-state index >= 15 is 0 Å². The maximum atomic E-state index is 13.1. The predicted octanol–water partition coefficient (Wildman–Crippen LogP) is 2.30. The van der Waals surface area contributed by atoms with E-state index in [1.165, 1.54) is 6.20 Å². The van der Waals surface area contributed by atoms with Crippen LogP contribution in [0.3, 0.4) is 0 Å². The van der Waals surface area contributed by atoms with Gasteiger partial charge >= 0.3 is 0 Å². The van der Waals surface area contributed by atoms with E-state index in [0.29, 0.717) is 29.4 Å². The highest BCUT2D eigenvalue weighted by atomic mass is 16.3. The molecule has 4 rings (SSSR count). The van der Waals surface area contributed by atoms with E-state index in [2.05, 4.69) is 4.98 Å². The predicted molar refractivity (Wildman–Crippen MR) is 92.0 cm³/mol. The molecule has 0 unspecified atom stereocenters. The molecule has 1 aromatic carbocycles. The molecule has 24 heavy (non-hydrogen) atoms. The highest BCUT2D eigenvalue weighted by Crippen LogP contribution is 2.45. The number of rotatable bonds is 1. The Morgan fingerprint density at radius 1 is 1.21 bits per heavy atom. The highest BCUT2D eigenvalue weighted by Gasteiger charge is 2.45. The molecule has 1 saturated heterocycles. The van der Waals surface area contributed by atoms with Gasteiger partial charge in [-0.15, -0.1) is 0 Å². The number of carbonyl (C=O) groups is 1. The lowest BCUT2D eigenvalue weighted by molar-refractivity contribution is -0.00530. The molecule has 5 heteroatoms. The standard InChI is InChI=1S/C19H22N2O3/c22-16-7-3-8-19(16)9-4-10-21(12-19)18(24)15-11-20-17(23)14-6-2-1-5-13(14)15/h1-2,5-6,11,16,22H,3-4,7-10,12H2,(H,20,23)/t16-,19+/m1/s1. The van der Waals surface area contributed by atoms with E-state index < -0.39 is 0 Å². The largest absolute Gasteiger partial charge is 0.392 e. The van der Waals surface area contributed by atoms with Gasteiger partial charge < -0.3 is 15.0 Å². The number of nitrogens with one attached hydrogen (secondary N) is 1. The number of carbonyl (C=O) groups excluding carboxylic acids is 1. The molecule has 1 spiro atoms. The molecule has 1 aliphatic carbocycles. The van der Waals surface area contributed by atoms with Crippen LogP contribution in [0.5, 0.6) is 0 Å². The van der Waals surface area contributed by atoms with E-state index in [4.69, 9.17) is 0 Å². The summed E-state index contributed by atoms with van der Waals surface area (Å²) in [5.41, 5.74) is 0.226. The van der Waals surface area contributed by atoms with Gasteiger partial charge in [0.05, 0.1) is 11.7 Å². The van der Waals surface area contributed by atoms with Crippen molar-refractivity contribution >= 4 is 16.7 Å². The van der Waals surface area contributed by atoms with Gasteiger partial charge in [0.2, 0.25) is 0 Å². The van der Waals surface area contributed by atoms with Crippen LogP contribution < -0.4 is 5.56 Å². The number of benzene rings is 1. The third kappa shape index (κ3) is 2.35. The van der Waals surface area contributed by atoms with E-state index in [1.54, 1.807) is 12.1 Å². The van der Waals surface area contributed by atoms with Crippen molar-refractivity contribution in [1.29, 1.82) is 0 Å². The van der Waals surface area contributed by atoms with Gasteiger partial charge in [-0.1, -0.05) is 24.6 Å². The first kappa shape index (κ1) is 15.4. The minimum Gasteiger partial charge on any atom is -0.392 e. The van der Waals surface area contributed by atoms with Crippen molar-refractivity contribution in [2.24, 2.45) is 5.41 Å². The highest BCUT2D eigenvalue weighted by molar-refractivity contribution is 6.06. The Hall–Kier alpha value is -2.14. The lowest BCUT2D eigenvalue weighted by atomic mass is 9.76. The summed E-state index contributed by atoms with van der Waals surface area (Å²) in [6.45, 7) is 1.32. The van der Waals surface area contributed by atoms with Crippen LogP contribution >= 0.6 is 0 Å². The molecular weight excluding hydrogens is 304 g/mol. The Kier molecular flexibility index (Phi) is 3.68. The molecule has 126 valence electrons. The molecule has 0 radical (unpaired) electrons. The van der Waals surface area contributed by atoms with E-state index in [0.717, 1.165) is 32.1 Å². The molecule has 2 aromatic rings. The van der Waals surface area contributed by atoms with E-state index in [9.17, 15) is 14.7 Å². The second-order valence-electron chi connectivity index (χ2n) is 7.18. The summed E-state index contributed by atoms with van der Waals surface area (Å²) in [5, 5.41) is 11.6. The summed E-state index contributed by atoms with van der Waals surface area (Å²) in [7, 11) is 0. The van der Waals surface area contributed by atoms with Crippen LogP contribution in [0, 0.1) is 5.41 Å². The van der Waals surface area contributed by atoms with Gasteiger partial charge in [0.25, 0.3) is 11.5 Å². The third-order valence-electron chi connectivity index (χ3n) is 5.79. The maximum Gasteiger partial charge on any atom is 0.255 e. The Labute approximate surface area is 140 Å². The number of aliphatic hydroxyl groups is 1. The number of nitrogens with zero attached hydrogens (tertiary/aromatic N) is 1. The fourth-order valence-corrected chi connectivity index (χ4v) is 4.49. The molecule has 1 saturated carbocycles. The number of pyridine rings is 1.